The van der Waals surface area contributed by atoms with E-state index in [0.717, 1.165) is 0 Å². The normalized spacial score (nSPS) is 10.8. The Bertz CT molecular complexity index is 117. The fourth-order valence-corrected chi connectivity index (χ4v) is 0.382. The highest BCUT2D eigenvalue weighted by Gasteiger charge is 2.15. The lowest BCUT2D eigenvalue weighted by atomic mass is 10.2. The zero-order chi connectivity index (χ0) is 8.20. The van der Waals surface area contributed by atoms with Gasteiger partial charge in [0.05, 0.1) is 7.11 Å². The molecule has 0 unspecified atom stereocenters. The highest BCUT2D eigenvalue weighted by atomic mass is 16.7. The fourth-order valence-electron chi connectivity index (χ4n) is 0.382. The number of rotatable bonds is 1. The molecule has 0 heterocycles. The molecule has 0 aliphatic rings. The molecule has 4 heteroatoms. The zero-order valence-corrected chi connectivity index (χ0v) is 6.72. The Hall–Kier alpha value is -0.770. The van der Waals surface area contributed by atoms with Gasteiger partial charge in [0, 0.05) is 0 Å². The van der Waals surface area contributed by atoms with Crippen molar-refractivity contribution in [3.8, 4) is 0 Å². The molecule has 0 atom stereocenters. The molecule has 60 valence electrons. The molecule has 4 nitrogen and oxygen atoms in total. The first-order valence-corrected chi connectivity index (χ1v) is 2.97. The Morgan fingerprint density at radius 2 is 1.90 bits per heavy atom. The average molecular weight is 146 g/mol. The van der Waals surface area contributed by atoms with Gasteiger partial charge in [0.1, 0.15) is 5.60 Å². The SMILES string of the molecule is CC(C)(C)OC(=O)NO[11CH3]. The molecule has 0 aliphatic carbocycles. The third kappa shape index (κ3) is 5.37. The minimum absolute atomic E-state index is 0.470. The standard InChI is InChI=1S/C6H13NO3/c1-6(2,3)10-5(8)7-9-4/h1-4H3,(H,7,8)/i4-1. The van der Waals surface area contributed by atoms with Crippen LogP contribution in [0.1, 0.15) is 20.8 Å². The smallest absolute Gasteiger partial charge is 0.431 e. The van der Waals surface area contributed by atoms with Gasteiger partial charge in [-0.25, -0.2) is 4.79 Å². The van der Waals surface area contributed by atoms with E-state index in [4.69, 9.17) is 4.74 Å². The predicted octanol–water partition coefficient (Wildman–Crippen LogP) is 1.07. The Balaban J connectivity index is 3.58. The van der Waals surface area contributed by atoms with E-state index in [-0.39, 0.29) is 0 Å². The Labute approximate surface area is 60.5 Å². The van der Waals surface area contributed by atoms with Crippen LogP contribution in [0, 0.1) is 0 Å². The van der Waals surface area contributed by atoms with E-state index in [1.54, 1.807) is 20.8 Å². The summed E-state index contributed by atoms with van der Waals surface area (Å²) in [6.07, 6.45) is -0.574. The number of hydrogen-bond donors (Lipinski definition) is 1. The van der Waals surface area contributed by atoms with E-state index >= 15 is 0 Å². The summed E-state index contributed by atoms with van der Waals surface area (Å²) >= 11 is 0. The highest BCUT2D eigenvalue weighted by Crippen LogP contribution is 2.05. The van der Waals surface area contributed by atoms with Crippen molar-refractivity contribution in [2.45, 2.75) is 26.4 Å². The Kier molecular flexibility index (Phi) is 3.15. The van der Waals surface area contributed by atoms with Crippen molar-refractivity contribution in [2.75, 3.05) is 7.11 Å². The lowest BCUT2D eigenvalue weighted by molar-refractivity contribution is 0.00881. The lowest BCUT2D eigenvalue weighted by Gasteiger charge is -2.18. The Morgan fingerprint density at radius 1 is 1.40 bits per heavy atom. The van der Waals surface area contributed by atoms with Gasteiger partial charge in [-0.3, -0.25) is 4.84 Å². The molecule has 1 N–H and O–H groups in total. The molecule has 0 rings (SSSR count). The van der Waals surface area contributed by atoms with E-state index in [1.807, 2.05) is 5.48 Å². The summed E-state index contributed by atoms with van der Waals surface area (Å²) in [5.74, 6) is 0. The molecule has 0 aromatic carbocycles. The third-order valence-corrected chi connectivity index (χ3v) is 0.584. The van der Waals surface area contributed by atoms with E-state index in [0.29, 0.717) is 0 Å². The van der Waals surface area contributed by atoms with Gasteiger partial charge in [-0.1, -0.05) is 0 Å². The van der Waals surface area contributed by atoms with Crippen LogP contribution in [0.2, 0.25) is 0 Å². The molecule has 0 aliphatic heterocycles. The van der Waals surface area contributed by atoms with E-state index in [1.165, 1.54) is 7.11 Å². The quantitative estimate of drug-likeness (QED) is 0.563. The summed E-state index contributed by atoms with van der Waals surface area (Å²) in [4.78, 5) is 14.9. The largest absolute Gasteiger partial charge is 0.442 e. The van der Waals surface area contributed by atoms with Gasteiger partial charge in [-0.2, -0.15) is 5.48 Å². The van der Waals surface area contributed by atoms with Gasteiger partial charge >= 0.3 is 6.09 Å². The maximum absolute atomic E-state index is 10.6. The van der Waals surface area contributed by atoms with Crippen molar-refractivity contribution in [3.63, 3.8) is 0 Å². The van der Waals surface area contributed by atoms with Gasteiger partial charge in [-0.15, -0.1) is 0 Å². The average Bonchev–Trinajstić information content (AvgIpc) is 1.59. The number of hydroxylamine groups is 1. The van der Waals surface area contributed by atoms with Crippen LogP contribution in [0.4, 0.5) is 4.79 Å². The first-order valence-electron chi connectivity index (χ1n) is 2.97. The number of carbonyl (C=O) groups excluding carboxylic acids is 1. The van der Waals surface area contributed by atoms with Gasteiger partial charge < -0.3 is 4.74 Å². The number of nitrogens with one attached hydrogen (secondary N) is 1. The monoisotopic (exact) mass is 146 g/mol. The molecule has 0 fully saturated rings. The molecular formula is C6H13NO3. The van der Waals surface area contributed by atoms with Crippen LogP contribution >= 0.6 is 0 Å². The summed E-state index contributed by atoms with van der Waals surface area (Å²) in [5.41, 5.74) is 1.57. The van der Waals surface area contributed by atoms with Crippen LogP contribution in [0.5, 0.6) is 0 Å². The maximum atomic E-state index is 10.6. The summed E-state index contributed by atoms with van der Waals surface area (Å²) < 4.78 is 4.80. The van der Waals surface area contributed by atoms with Crippen LogP contribution < -0.4 is 5.48 Å². The number of carbonyl (C=O) groups is 1. The molecule has 0 aromatic heterocycles. The second-order valence-electron chi connectivity index (χ2n) is 2.81. The first kappa shape index (κ1) is 9.23. The first-order chi connectivity index (χ1) is 4.45. The molecule has 0 aromatic rings. The molecule has 0 saturated heterocycles. The number of ether oxygens (including phenoxy) is 1. The van der Waals surface area contributed by atoms with E-state index in [9.17, 15) is 4.79 Å². The molecule has 0 saturated carbocycles. The molecule has 0 radical (unpaired) electrons. The van der Waals surface area contributed by atoms with Crippen LogP contribution in [0.3, 0.4) is 0 Å². The van der Waals surface area contributed by atoms with E-state index < -0.39 is 11.7 Å². The highest BCUT2D eigenvalue weighted by molar-refractivity contribution is 5.66. The molecule has 0 bridgehead atoms. The maximum Gasteiger partial charge on any atom is 0.431 e. The summed E-state index contributed by atoms with van der Waals surface area (Å²) in [5, 5.41) is 0. The lowest BCUT2D eigenvalue weighted by Crippen LogP contribution is -2.31. The topological polar surface area (TPSA) is 47.6 Å². The molecular weight excluding hydrogens is 133 g/mol. The summed E-state index contributed by atoms with van der Waals surface area (Å²) in [6, 6.07) is 0. The van der Waals surface area contributed by atoms with Gasteiger partial charge in [0.2, 0.25) is 0 Å². The predicted molar refractivity (Wildman–Crippen MR) is 36.4 cm³/mol. The Morgan fingerprint density at radius 3 is 2.20 bits per heavy atom. The molecule has 0 spiro atoms. The van der Waals surface area contributed by atoms with Gasteiger partial charge in [0.25, 0.3) is 0 Å². The minimum atomic E-state index is -0.574. The third-order valence-electron chi connectivity index (χ3n) is 0.584. The second-order valence-corrected chi connectivity index (χ2v) is 2.81. The van der Waals surface area contributed by atoms with Crippen molar-refractivity contribution < 1.29 is 14.4 Å². The van der Waals surface area contributed by atoms with Crippen molar-refractivity contribution in [2.24, 2.45) is 0 Å². The van der Waals surface area contributed by atoms with Gasteiger partial charge in [-0.05, 0) is 20.8 Å². The van der Waals surface area contributed by atoms with Gasteiger partial charge in [0.15, 0.2) is 0 Å². The van der Waals surface area contributed by atoms with Crippen LogP contribution in [-0.2, 0) is 9.57 Å². The number of amides is 1. The van der Waals surface area contributed by atoms with Crippen LogP contribution in [0.15, 0.2) is 0 Å². The molecule has 1 amide bonds. The summed E-state index contributed by atoms with van der Waals surface area (Å²) in [6.45, 7) is 5.34. The van der Waals surface area contributed by atoms with E-state index in [2.05, 4.69) is 4.84 Å². The second kappa shape index (κ2) is 3.41. The van der Waals surface area contributed by atoms with Crippen molar-refractivity contribution in [3.05, 3.63) is 0 Å². The molecule has 10 heavy (non-hydrogen) atoms. The number of hydrogen-bond acceptors (Lipinski definition) is 3. The summed E-state index contributed by atoms with van der Waals surface area (Å²) in [7, 11) is 1.35. The van der Waals surface area contributed by atoms with Crippen LogP contribution in [0.25, 0.3) is 0 Å². The van der Waals surface area contributed by atoms with Crippen molar-refractivity contribution in [1.82, 2.24) is 5.48 Å². The van der Waals surface area contributed by atoms with Crippen molar-refractivity contribution >= 4 is 6.09 Å². The minimum Gasteiger partial charge on any atom is -0.442 e. The van der Waals surface area contributed by atoms with Crippen molar-refractivity contribution in [1.29, 1.82) is 0 Å². The zero-order valence-electron chi connectivity index (χ0n) is 6.72. The van der Waals surface area contributed by atoms with Crippen LogP contribution in [-0.4, -0.2) is 18.8 Å². The fraction of sp³-hybridized carbons (Fsp3) is 0.833.